The van der Waals surface area contributed by atoms with Crippen LogP contribution in [0.15, 0.2) is 0 Å². The first kappa shape index (κ1) is 51.7. The molecule has 0 bridgehead atoms. The van der Waals surface area contributed by atoms with Gasteiger partial charge in [0, 0.05) is 120 Å². The van der Waals surface area contributed by atoms with Gasteiger partial charge >= 0.3 is 0 Å². The molecule has 0 aliphatic carbocycles. The summed E-state index contributed by atoms with van der Waals surface area (Å²) in [6, 6.07) is 0. The third-order valence-electron chi connectivity index (χ3n) is 0. The summed E-state index contributed by atoms with van der Waals surface area (Å²) in [6.45, 7) is 0. The summed E-state index contributed by atoms with van der Waals surface area (Å²) < 4.78 is 0. The predicted molar refractivity (Wildman–Crippen MR) is 0 cm³/mol. The zero-order valence-corrected chi connectivity index (χ0v) is 14.1. The van der Waals surface area contributed by atoms with Crippen LogP contribution in [0.5, 0.6) is 0 Å². The molecular formula is IrOsPdPtRhRu. The Bertz CT molecular complexity index is 15.5. The SMILES string of the molecule is [Ir].[Os].[Pd].[Pt].[Rh].[Ru]. The predicted octanol–water partition coefficient (Wildman–Crippen LogP) is -0.0150. The van der Waals surface area contributed by atoms with E-state index in [1.54, 1.807) is 0 Å². The van der Waals surface area contributed by atoms with Gasteiger partial charge in [-0.05, 0) is 0 Å². The summed E-state index contributed by atoms with van der Waals surface area (Å²) >= 11 is 0. The first-order valence-corrected chi connectivity index (χ1v) is 0. The van der Waals surface area contributed by atoms with Gasteiger partial charge in [0.2, 0.25) is 0 Å². The van der Waals surface area contributed by atoms with Crippen LogP contribution in [0.25, 0.3) is 0 Å². The average molecular weight is 888 g/mol. The Morgan fingerprint density at radius 1 is 1.00 bits per heavy atom. The van der Waals surface area contributed by atoms with Crippen molar-refractivity contribution in [3.63, 3.8) is 0 Å². The summed E-state index contributed by atoms with van der Waals surface area (Å²) in [5.41, 5.74) is 0. The van der Waals surface area contributed by atoms with Crippen molar-refractivity contribution in [2.24, 2.45) is 0 Å². The van der Waals surface area contributed by atoms with E-state index in [4.69, 9.17) is 0 Å². The van der Waals surface area contributed by atoms with Crippen molar-refractivity contribution in [2.45, 2.75) is 0 Å². The van der Waals surface area contributed by atoms with Gasteiger partial charge in [-0.2, -0.15) is 0 Å². The van der Waals surface area contributed by atoms with Crippen LogP contribution in [0.4, 0.5) is 0 Å². The molecule has 2 radical (unpaired) electrons. The van der Waals surface area contributed by atoms with E-state index in [1.807, 2.05) is 0 Å². The second kappa shape index (κ2) is 36.6. The summed E-state index contributed by atoms with van der Waals surface area (Å²) in [5.74, 6) is 0. The van der Waals surface area contributed by atoms with Crippen molar-refractivity contribution < 1.29 is 120 Å². The van der Waals surface area contributed by atoms with E-state index in [0.717, 1.165) is 0 Å². The van der Waals surface area contributed by atoms with Crippen molar-refractivity contribution in [2.75, 3.05) is 0 Å². The maximum absolute atomic E-state index is 0. The summed E-state index contributed by atoms with van der Waals surface area (Å²) in [7, 11) is 0. The summed E-state index contributed by atoms with van der Waals surface area (Å²) in [6.07, 6.45) is 0. The molecule has 0 fully saturated rings. The quantitative estimate of drug-likeness (QED) is 0.301. The Morgan fingerprint density at radius 3 is 1.00 bits per heavy atom. The first-order valence-electron chi connectivity index (χ1n) is 0. The van der Waals surface area contributed by atoms with Crippen LogP contribution in [0.1, 0.15) is 0 Å². The molecule has 0 saturated heterocycles. The Balaban J connectivity index is 0. The zero-order valence-electron chi connectivity index (χ0n) is 2.01. The summed E-state index contributed by atoms with van der Waals surface area (Å²) in [4.78, 5) is 0. The molecule has 0 spiro atoms. The topological polar surface area (TPSA) is 0 Å². The van der Waals surface area contributed by atoms with Gasteiger partial charge in [-0.15, -0.1) is 0 Å². The minimum atomic E-state index is 0. The second-order valence-electron chi connectivity index (χ2n) is 0. The summed E-state index contributed by atoms with van der Waals surface area (Å²) in [5, 5.41) is 0. The maximum Gasteiger partial charge on any atom is 0 e. The van der Waals surface area contributed by atoms with E-state index in [2.05, 4.69) is 0 Å². The third kappa shape index (κ3) is 24.8. The van der Waals surface area contributed by atoms with Crippen LogP contribution in [0.3, 0.4) is 0 Å². The van der Waals surface area contributed by atoms with Crippen LogP contribution < -0.4 is 0 Å². The van der Waals surface area contributed by atoms with E-state index < -0.39 is 0 Å². The molecule has 0 rings (SSSR count). The molecule has 0 heterocycles. The monoisotopic (exact) mass is 891 g/mol. The minimum Gasteiger partial charge on any atom is 0 e. The molecule has 6 heavy (non-hydrogen) atoms. The number of hydrogen-bond acceptors (Lipinski definition) is 0. The fraction of sp³-hybridized carbons (Fsp3) is 0. The van der Waals surface area contributed by atoms with Crippen LogP contribution in [0, 0.1) is 0 Å². The molecule has 0 aromatic rings. The van der Waals surface area contributed by atoms with E-state index in [-0.39, 0.29) is 120 Å². The Hall–Kier alpha value is 3.88. The van der Waals surface area contributed by atoms with Crippen LogP contribution in [-0.4, -0.2) is 0 Å². The molecule has 0 N–H and O–H groups in total. The van der Waals surface area contributed by atoms with Gasteiger partial charge < -0.3 is 0 Å². The fourth-order valence-corrected chi connectivity index (χ4v) is 0. The molecule has 0 aromatic carbocycles. The van der Waals surface area contributed by atoms with Crippen molar-refractivity contribution in [3.8, 4) is 0 Å². The molecule has 0 aliphatic heterocycles. The third-order valence-corrected chi connectivity index (χ3v) is 0. The largest absolute Gasteiger partial charge is 0 e. The molecular weight excluding hydrogens is 888 g/mol. The fourth-order valence-electron chi connectivity index (χ4n) is 0. The van der Waals surface area contributed by atoms with E-state index >= 15 is 0 Å². The van der Waals surface area contributed by atoms with Gasteiger partial charge in [-0.3, -0.25) is 0 Å². The van der Waals surface area contributed by atoms with Crippen LogP contribution in [0.2, 0.25) is 0 Å². The Labute approximate surface area is 118 Å². The van der Waals surface area contributed by atoms with Crippen LogP contribution in [-0.2, 0) is 120 Å². The minimum absolute atomic E-state index is 0. The van der Waals surface area contributed by atoms with Crippen LogP contribution >= 0.6 is 0 Å². The second-order valence-corrected chi connectivity index (χ2v) is 0. The molecule has 6 heteroatoms. The van der Waals surface area contributed by atoms with Gasteiger partial charge in [0.1, 0.15) is 0 Å². The molecule has 0 aliphatic rings. The van der Waals surface area contributed by atoms with Crippen molar-refractivity contribution >= 4 is 0 Å². The number of rotatable bonds is 0. The van der Waals surface area contributed by atoms with Gasteiger partial charge in [-0.25, -0.2) is 0 Å². The number of hydrogen-bond donors (Lipinski definition) is 0. The smallest absolute Gasteiger partial charge is 0 e. The molecule has 0 atom stereocenters. The molecule has 0 unspecified atom stereocenters. The Morgan fingerprint density at radius 2 is 1.00 bits per heavy atom. The molecule has 0 nitrogen and oxygen atoms in total. The van der Waals surface area contributed by atoms with Crippen molar-refractivity contribution in [3.05, 3.63) is 0 Å². The normalized spacial score (nSPS) is 0. The average Bonchev–Trinajstić information content (AvgIpc) is 0. The van der Waals surface area contributed by atoms with Gasteiger partial charge in [-0.1, -0.05) is 0 Å². The maximum atomic E-state index is 0. The van der Waals surface area contributed by atoms with Crippen molar-refractivity contribution in [1.29, 1.82) is 0 Å². The Kier molecular flexibility index (Phi) is 316. The molecule has 0 aromatic heterocycles. The molecule has 0 amide bonds. The molecule has 0 saturated carbocycles. The van der Waals surface area contributed by atoms with E-state index in [9.17, 15) is 0 Å². The van der Waals surface area contributed by atoms with Gasteiger partial charge in [0.05, 0.1) is 0 Å². The molecule has 54 valence electrons. The van der Waals surface area contributed by atoms with Crippen molar-refractivity contribution in [1.82, 2.24) is 0 Å². The van der Waals surface area contributed by atoms with Gasteiger partial charge in [0.15, 0.2) is 0 Å². The van der Waals surface area contributed by atoms with E-state index in [1.165, 1.54) is 0 Å². The van der Waals surface area contributed by atoms with Gasteiger partial charge in [0.25, 0.3) is 0 Å². The first-order chi connectivity index (χ1) is 0. The standard InChI is InChI=1S/Ir.Os.Pd.Pt.Rh.Ru. The van der Waals surface area contributed by atoms with E-state index in [0.29, 0.717) is 0 Å². The zero-order chi connectivity index (χ0) is 0.